The molecule has 0 aliphatic carbocycles. The minimum absolute atomic E-state index is 0.219. The molecule has 4 aromatic rings. The van der Waals surface area contributed by atoms with E-state index < -0.39 is 6.10 Å². The first-order valence-electron chi connectivity index (χ1n) is 8.71. The Balaban J connectivity index is 1.76. The second kappa shape index (κ2) is 7.38. The second-order valence-electron chi connectivity index (χ2n) is 6.32. The molecular weight excluding hydrogens is 320 g/mol. The van der Waals surface area contributed by atoms with E-state index in [1.807, 2.05) is 97.1 Å². The Morgan fingerprint density at radius 1 is 0.692 bits per heavy atom. The number of aliphatic hydroxyl groups is 1. The molecule has 3 heteroatoms. The molecule has 3 nitrogen and oxygen atoms in total. The third-order valence-corrected chi connectivity index (χ3v) is 4.62. The number of aromatic nitrogens is 2. The third-order valence-electron chi connectivity index (χ3n) is 4.62. The minimum Gasteiger partial charge on any atom is -0.387 e. The molecule has 0 spiro atoms. The maximum atomic E-state index is 11.1. The van der Waals surface area contributed by atoms with Crippen molar-refractivity contribution in [3.8, 4) is 11.3 Å². The molecule has 0 aliphatic heterocycles. The first-order valence-corrected chi connectivity index (χ1v) is 8.71. The van der Waals surface area contributed by atoms with Gasteiger partial charge in [-0.05, 0) is 17.2 Å². The van der Waals surface area contributed by atoms with Crippen molar-refractivity contribution in [2.45, 2.75) is 12.0 Å². The number of hydrogen-bond acceptors (Lipinski definition) is 2. The molecule has 26 heavy (non-hydrogen) atoms. The van der Waals surface area contributed by atoms with E-state index in [2.05, 4.69) is 10.2 Å². The molecule has 1 heterocycles. The average molecular weight is 340 g/mol. The lowest BCUT2D eigenvalue weighted by Gasteiger charge is -2.22. The molecule has 0 bridgehead atoms. The number of H-pyrrole nitrogens is 1. The van der Waals surface area contributed by atoms with Crippen LogP contribution < -0.4 is 0 Å². The van der Waals surface area contributed by atoms with Crippen molar-refractivity contribution in [2.75, 3.05) is 0 Å². The second-order valence-corrected chi connectivity index (χ2v) is 6.32. The summed E-state index contributed by atoms with van der Waals surface area (Å²) in [6.07, 6.45) is -0.664. The SMILES string of the molecule is O[C@H](c1ccccc1)[C@@H](c1ccccc1)c1cc(-c2ccccc2)n[nH]1. The highest BCUT2D eigenvalue weighted by atomic mass is 16.3. The summed E-state index contributed by atoms with van der Waals surface area (Å²) in [5.74, 6) is -0.219. The summed E-state index contributed by atoms with van der Waals surface area (Å²) in [6, 6.07) is 31.9. The number of hydrogen-bond donors (Lipinski definition) is 2. The predicted molar refractivity (Wildman–Crippen MR) is 104 cm³/mol. The summed E-state index contributed by atoms with van der Waals surface area (Å²) in [6.45, 7) is 0. The van der Waals surface area contributed by atoms with E-state index in [4.69, 9.17) is 0 Å². The van der Waals surface area contributed by atoms with E-state index in [-0.39, 0.29) is 5.92 Å². The summed E-state index contributed by atoms with van der Waals surface area (Å²) >= 11 is 0. The van der Waals surface area contributed by atoms with E-state index >= 15 is 0 Å². The third kappa shape index (κ3) is 3.30. The standard InChI is InChI=1S/C23H20N2O/c26-23(19-14-8-3-9-15-19)22(18-12-6-2-7-13-18)21-16-20(24-25-21)17-10-4-1-5-11-17/h1-16,22-23,26H,(H,24,25)/t22-,23+/m0/s1. The van der Waals surface area contributed by atoms with Crippen molar-refractivity contribution in [1.82, 2.24) is 10.2 Å². The number of aliphatic hydroxyl groups excluding tert-OH is 1. The summed E-state index contributed by atoms with van der Waals surface area (Å²) in [4.78, 5) is 0. The molecule has 3 aromatic carbocycles. The number of nitrogens with one attached hydrogen (secondary N) is 1. The molecule has 0 saturated carbocycles. The quantitative estimate of drug-likeness (QED) is 0.540. The van der Waals surface area contributed by atoms with Crippen LogP contribution in [-0.2, 0) is 0 Å². The van der Waals surface area contributed by atoms with Gasteiger partial charge in [0, 0.05) is 11.3 Å². The van der Waals surface area contributed by atoms with Gasteiger partial charge >= 0.3 is 0 Å². The zero-order chi connectivity index (χ0) is 17.8. The van der Waals surface area contributed by atoms with Crippen LogP contribution in [0.25, 0.3) is 11.3 Å². The summed E-state index contributed by atoms with van der Waals surface area (Å²) in [5.41, 5.74) is 4.76. The Labute approximate surface area is 153 Å². The van der Waals surface area contributed by atoms with E-state index in [0.29, 0.717) is 0 Å². The van der Waals surface area contributed by atoms with Crippen LogP contribution in [0.2, 0.25) is 0 Å². The molecule has 0 fully saturated rings. The van der Waals surface area contributed by atoms with Crippen LogP contribution in [0.4, 0.5) is 0 Å². The lowest BCUT2D eigenvalue weighted by atomic mass is 9.86. The van der Waals surface area contributed by atoms with Crippen molar-refractivity contribution < 1.29 is 5.11 Å². The van der Waals surface area contributed by atoms with E-state index in [0.717, 1.165) is 28.1 Å². The normalized spacial score (nSPS) is 13.3. The molecule has 0 unspecified atom stereocenters. The van der Waals surface area contributed by atoms with Crippen LogP contribution in [0, 0.1) is 0 Å². The molecule has 2 atom stereocenters. The molecule has 2 N–H and O–H groups in total. The Morgan fingerprint density at radius 3 is 1.85 bits per heavy atom. The summed E-state index contributed by atoms with van der Waals surface area (Å²) in [7, 11) is 0. The topological polar surface area (TPSA) is 48.9 Å². The number of nitrogens with zero attached hydrogens (tertiary/aromatic N) is 1. The molecular formula is C23H20N2O. The van der Waals surface area contributed by atoms with Gasteiger partial charge in [0.25, 0.3) is 0 Å². The molecule has 0 radical (unpaired) electrons. The summed E-state index contributed by atoms with van der Waals surface area (Å²) in [5, 5.41) is 18.7. The van der Waals surface area contributed by atoms with Crippen LogP contribution in [0.3, 0.4) is 0 Å². The highest BCUT2D eigenvalue weighted by Gasteiger charge is 2.26. The zero-order valence-electron chi connectivity index (χ0n) is 14.3. The van der Waals surface area contributed by atoms with Gasteiger partial charge in [0.2, 0.25) is 0 Å². The first kappa shape index (κ1) is 16.3. The van der Waals surface area contributed by atoms with Gasteiger partial charge in [0.15, 0.2) is 0 Å². The zero-order valence-corrected chi connectivity index (χ0v) is 14.3. The van der Waals surface area contributed by atoms with Gasteiger partial charge in [-0.2, -0.15) is 5.10 Å². The fourth-order valence-corrected chi connectivity index (χ4v) is 3.29. The van der Waals surface area contributed by atoms with Crippen LogP contribution in [0.1, 0.15) is 28.8 Å². The van der Waals surface area contributed by atoms with Crippen molar-refractivity contribution in [3.63, 3.8) is 0 Å². The largest absolute Gasteiger partial charge is 0.387 e. The molecule has 128 valence electrons. The maximum Gasteiger partial charge on any atom is 0.0923 e. The van der Waals surface area contributed by atoms with Crippen LogP contribution >= 0.6 is 0 Å². The van der Waals surface area contributed by atoms with Crippen molar-refractivity contribution in [3.05, 3.63) is 114 Å². The van der Waals surface area contributed by atoms with Gasteiger partial charge in [0.1, 0.15) is 0 Å². The highest BCUT2D eigenvalue weighted by molar-refractivity contribution is 5.59. The fourth-order valence-electron chi connectivity index (χ4n) is 3.29. The average Bonchev–Trinajstić information content (AvgIpc) is 3.20. The van der Waals surface area contributed by atoms with E-state index in [1.165, 1.54) is 0 Å². The molecule has 0 aliphatic rings. The Kier molecular flexibility index (Phi) is 4.63. The molecule has 4 rings (SSSR count). The van der Waals surface area contributed by atoms with Crippen molar-refractivity contribution in [2.24, 2.45) is 0 Å². The lowest BCUT2D eigenvalue weighted by molar-refractivity contribution is 0.157. The van der Waals surface area contributed by atoms with Gasteiger partial charge < -0.3 is 5.11 Å². The number of aromatic amines is 1. The monoisotopic (exact) mass is 340 g/mol. The molecule has 1 aromatic heterocycles. The van der Waals surface area contributed by atoms with Gasteiger partial charge in [-0.25, -0.2) is 0 Å². The van der Waals surface area contributed by atoms with Gasteiger partial charge in [-0.15, -0.1) is 0 Å². The van der Waals surface area contributed by atoms with Gasteiger partial charge in [-0.3, -0.25) is 5.10 Å². The predicted octanol–water partition coefficient (Wildman–Crippen LogP) is 4.94. The fraction of sp³-hybridized carbons (Fsp3) is 0.0870. The Bertz CT molecular complexity index is 949. The van der Waals surface area contributed by atoms with E-state index in [1.54, 1.807) is 0 Å². The smallest absolute Gasteiger partial charge is 0.0923 e. The van der Waals surface area contributed by atoms with Crippen molar-refractivity contribution >= 4 is 0 Å². The highest BCUT2D eigenvalue weighted by Crippen LogP contribution is 2.36. The number of benzene rings is 3. The Hall–Kier alpha value is -3.17. The van der Waals surface area contributed by atoms with Crippen molar-refractivity contribution in [1.29, 1.82) is 0 Å². The van der Waals surface area contributed by atoms with Gasteiger partial charge in [0.05, 0.1) is 17.7 Å². The number of rotatable bonds is 5. The molecule has 0 amide bonds. The van der Waals surface area contributed by atoms with E-state index in [9.17, 15) is 5.11 Å². The van der Waals surface area contributed by atoms with Crippen LogP contribution in [0.15, 0.2) is 97.1 Å². The van der Waals surface area contributed by atoms with Crippen LogP contribution in [-0.4, -0.2) is 15.3 Å². The van der Waals surface area contributed by atoms with Crippen LogP contribution in [0.5, 0.6) is 0 Å². The maximum absolute atomic E-state index is 11.1. The summed E-state index contributed by atoms with van der Waals surface area (Å²) < 4.78 is 0. The van der Waals surface area contributed by atoms with Gasteiger partial charge in [-0.1, -0.05) is 91.0 Å². The molecule has 0 saturated heterocycles. The first-order chi connectivity index (χ1) is 12.8. The lowest BCUT2D eigenvalue weighted by Crippen LogP contribution is -2.13. The minimum atomic E-state index is -0.664. The Morgan fingerprint density at radius 2 is 1.23 bits per heavy atom.